The minimum Gasteiger partial charge on any atom is -0.278 e. The lowest BCUT2D eigenvalue weighted by Gasteiger charge is -2.10. The van der Waals surface area contributed by atoms with Crippen LogP contribution >= 0.6 is 15.9 Å². The van der Waals surface area contributed by atoms with Crippen molar-refractivity contribution in [2.75, 3.05) is 4.72 Å². The predicted octanol–water partition coefficient (Wildman–Crippen LogP) is 2.47. The van der Waals surface area contributed by atoms with Crippen LogP contribution in [0.3, 0.4) is 0 Å². The Morgan fingerprint density at radius 1 is 1.38 bits per heavy atom. The highest BCUT2D eigenvalue weighted by Gasteiger charge is 2.24. The maximum atomic E-state index is 12.5. The van der Waals surface area contributed by atoms with Crippen molar-refractivity contribution in [3.05, 3.63) is 39.6 Å². The van der Waals surface area contributed by atoms with E-state index < -0.39 is 10.0 Å². The molecule has 110 valence electrons. The molecule has 1 N–H and O–H groups in total. The number of hydrogen-bond acceptors (Lipinski definition) is 4. The van der Waals surface area contributed by atoms with Gasteiger partial charge in [-0.2, -0.15) is 10.4 Å². The van der Waals surface area contributed by atoms with Crippen LogP contribution in [-0.4, -0.2) is 18.2 Å². The van der Waals surface area contributed by atoms with E-state index in [1.165, 1.54) is 4.68 Å². The van der Waals surface area contributed by atoms with Gasteiger partial charge >= 0.3 is 0 Å². The average molecular weight is 369 g/mol. The van der Waals surface area contributed by atoms with Crippen LogP contribution in [0.15, 0.2) is 27.6 Å². The van der Waals surface area contributed by atoms with Crippen LogP contribution < -0.4 is 4.72 Å². The van der Waals surface area contributed by atoms with Crippen LogP contribution in [0.2, 0.25) is 0 Å². The number of anilines is 1. The van der Waals surface area contributed by atoms with Gasteiger partial charge in [0, 0.05) is 11.5 Å². The zero-order valence-corrected chi connectivity index (χ0v) is 14.1. The van der Waals surface area contributed by atoms with Crippen molar-refractivity contribution in [2.24, 2.45) is 7.05 Å². The Kier molecular flexibility index (Phi) is 4.07. The van der Waals surface area contributed by atoms with E-state index in [9.17, 15) is 8.42 Å². The Balaban J connectivity index is 2.45. The normalized spacial score (nSPS) is 11.2. The van der Waals surface area contributed by atoms with Gasteiger partial charge in [-0.3, -0.25) is 9.40 Å². The molecular weight excluding hydrogens is 356 g/mol. The third-order valence-corrected chi connectivity index (χ3v) is 5.33. The second-order valence-corrected chi connectivity index (χ2v) is 7.01. The molecule has 0 aliphatic carbocycles. The highest BCUT2D eigenvalue weighted by molar-refractivity contribution is 9.10. The van der Waals surface area contributed by atoms with E-state index in [1.54, 1.807) is 39.1 Å². The van der Waals surface area contributed by atoms with Gasteiger partial charge in [0.2, 0.25) is 0 Å². The SMILES string of the molecule is Cc1nn(C)c(C)c1S(=O)(=O)Nc1ccc(C#N)cc1Br. The first kappa shape index (κ1) is 15.5. The molecule has 0 aliphatic heterocycles. The Bertz CT molecular complexity index is 850. The first-order valence-electron chi connectivity index (χ1n) is 5.99. The molecule has 8 heteroatoms. The number of sulfonamides is 1. The monoisotopic (exact) mass is 368 g/mol. The molecule has 0 spiro atoms. The minimum absolute atomic E-state index is 0.168. The summed E-state index contributed by atoms with van der Waals surface area (Å²) in [5.41, 5.74) is 1.81. The number of benzene rings is 1. The van der Waals surface area contributed by atoms with Crippen LogP contribution in [0, 0.1) is 25.2 Å². The van der Waals surface area contributed by atoms with E-state index in [0.717, 1.165) is 0 Å². The van der Waals surface area contributed by atoms with E-state index in [2.05, 4.69) is 25.8 Å². The number of nitriles is 1. The number of aromatic nitrogens is 2. The lowest BCUT2D eigenvalue weighted by atomic mass is 10.2. The molecule has 1 aromatic carbocycles. The molecule has 0 saturated carbocycles. The van der Waals surface area contributed by atoms with Gasteiger partial charge in [0.1, 0.15) is 4.90 Å². The Hall–Kier alpha value is -1.85. The first-order valence-corrected chi connectivity index (χ1v) is 8.26. The largest absolute Gasteiger partial charge is 0.278 e. The molecule has 0 atom stereocenters. The summed E-state index contributed by atoms with van der Waals surface area (Å²) >= 11 is 3.26. The van der Waals surface area contributed by atoms with E-state index >= 15 is 0 Å². The van der Waals surface area contributed by atoms with Crippen molar-refractivity contribution < 1.29 is 8.42 Å². The van der Waals surface area contributed by atoms with Gasteiger partial charge in [0.25, 0.3) is 10.0 Å². The van der Waals surface area contributed by atoms with Gasteiger partial charge in [-0.05, 0) is 48.0 Å². The Morgan fingerprint density at radius 3 is 2.52 bits per heavy atom. The molecule has 6 nitrogen and oxygen atoms in total. The summed E-state index contributed by atoms with van der Waals surface area (Å²) in [7, 11) is -2.05. The minimum atomic E-state index is -3.74. The zero-order chi connectivity index (χ0) is 15.8. The molecule has 2 rings (SSSR count). The summed E-state index contributed by atoms with van der Waals surface area (Å²) in [5.74, 6) is 0. The summed E-state index contributed by atoms with van der Waals surface area (Å²) in [4.78, 5) is 0.168. The fourth-order valence-electron chi connectivity index (χ4n) is 2.01. The lowest BCUT2D eigenvalue weighted by molar-refractivity contribution is 0.599. The Morgan fingerprint density at radius 2 is 2.05 bits per heavy atom. The maximum Gasteiger partial charge on any atom is 0.265 e. The quantitative estimate of drug-likeness (QED) is 0.900. The second kappa shape index (κ2) is 5.50. The van der Waals surface area contributed by atoms with Gasteiger partial charge in [0.05, 0.1) is 28.7 Å². The van der Waals surface area contributed by atoms with Crippen LogP contribution in [0.5, 0.6) is 0 Å². The van der Waals surface area contributed by atoms with E-state index in [0.29, 0.717) is 27.1 Å². The van der Waals surface area contributed by atoms with Crippen molar-refractivity contribution in [3.63, 3.8) is 0 Å². The summed E-state index contributed by atoms with van der Waals surface area (Å²) in [6.07, 6.45) is 0. The lowest BCUT2D eigenvalue weighted by Crippen LogP contribution is -2.15. The van der Waals surface area contributed by atoms with Gasteiger partial charge in [0.15, 0.2) is 0 Å². The van der Waals surface area contributed by atoms with Crippen molar-refractivity contribution >= 4 is 31.6 Å². The highest BCUT2D eigenvalue weighted by Crippen LogP contribution is 2.27. The number of nitrogens with one attached hydrogen (secondary N) is 1. The Labute approximate surface area is 131 Å². The number of nitrogens with zero attached hydrogens (tertiary/aromatic N) is 3. The number of halogens is 1. The second-order valence-electron chi connectivity index (χ2n) is 4.54. The fourth-order valence-corrected chi connectivity index (χ4v) is 4.14. The first-order chi connectivity index (χ1) is 9.76. The summed E-state index contributed by atoms with van der Waals surface area (Å²) in [6.45, 7) is 3.35. The number of aryl methyl sites for hydroxylation is 2. The molecule has 2 aromatic rings. The highest BCUT2D eigenvalue weighted by atomic mass is 79.9. The molecule has 1 heterocycles. The molecule has 0 radical (unpaired) electrons. The molecule has 0 unspecified atom stereocenters. The van der Waals surface area contributed by atoms with Crippen LogP contribution in [0.1, 0.15) is 17.0 Å². The molecule has 0 bridgehead atoms. The topological polar surface area (TPSA) is 87.8 Å². The third kappa shape index (κ3) is 2.94. The van der Waals surface area contributed by atoms with Gasteiger partial charge in [-0.25, -0.2) is 8.42 Å². The molecule has 0 fully saturated rings. The average Bonchev–Trinajstić information content (AvgIpc) is 2.66. The summed E-state index contributed by atoms with van der Waals surface area (Å²) in [6, 6.07) is 6.64. The number of hydrogen-bond donors (Lipinski definition) is 1. The maximum absolute atomic E-state index is 12.5. The van der Waals surface area contributed by atoms with Crippen LogP contribution in [0.4, 0.5) is 5.69 Å². The van der Waals surface area contributed by atoms with Crippen molar-refractivity contribution in [1.29, 1.82) is 5.26 Å². The molecule has 21 heavy (non-hydrogen) atoms. The van der Waals surface area contributed by atoms with Crippen LogP contribution in [0.25, 0.3) is 0 Å². The molecule has 1 aromatic heterocycles. The van der Waals surface area contributed by atoms with E-state index in [4.69, 9.17) is 5.26 Å². The summed E-state index contributed by atoms with van der Waals surface area (Å²) < 4.78 is 29.6. The zero-order valence-electron chi connectivity index (χ0n) is 11.7. The summed E-state index contributed by atoms with van der Waals surface area (Å²) in [5, 5.41) is 12.9. The molecule has 0 saturated heterocycles. The van der Waals surface area contributed by atoms with Crippen LogP contribution in [-0.2, 0) is 17.1 Å². The van der Waals surface area contributed by atoms with Gasteiger partial charge < -0.3 is 0 Å². The number of rotatable bonds is 3. The predicted molar refractivity (Wildman–Crippen MR) is 82.3 cm³/mol. The smallest absolute Gasteiger partial charge is 0.265 e. The molecule has 0 amide bonds. The van der Waals surface area contributed by atoms with Crippen molar-refractivity contribution in [3.8, 4) is 6.07 Å². The van der Waals surface area contributed by atoms with Gasteiger partial charge in [-0.15, -0.1) is 0 Å². The van der Waals surface area contributed by atoms with Crippen molar-refractivity contribution in [2.45, 2.75) is 18.7 Å². The molecule has 0 aliphatic rings. The molecular formula is C13H13BrN4O2S. The van der Waals surface area contributed by atoms with E-state index in [1.807, 2.05) is 6.07 Å². The van der Waals surface area contributed by atoms with E-state index in [-0.39, 0.29) is 4.90 Å². The van der Waals surface area contributed by atoms with Gasteiger partial charge in [-0.1, -0.05) is 0 Å². The van der Waals surface area contributed by atoms with Crippen molar-refractivity contribution in [1.82, 2.24) is 9.78 Å². The third-order valence-electron chi connectivity index (χ3n) is 3.05. The standard InChI is InChI=1S/C13H13BrN4O2S/c1-8-13(9(2)18(3)16-8)21(19,20)17-12-5-4-10(7-15)6-11(12)14/h4-6,17H,1-3H3. The fraction of sp³-hybridized carbons (Fsp3) is 0.231.